The molecule has 1 unspecified atom stereocenters. The number of nitrogens with one attached hydrogen (secondary N) is 1. The van der Waals surface area contributed by atoms with E-state index < -0.39 is 15.6 Å². The van der Waals surface area contributed by atoms with Gasteiger partial charge in [-0.1, -0.05) is 18.2 Å². The van der Waals surface area contributed by atoms with E-state index in [9.17, 15) is 18.3 Å². The van der Waals surface area contributed by atoms with E-state index in [4.69, 9.17) is 0 Å². The van der Waals surface area contributed by atoms with E-state index in [1.165, 1.54) is 0 Å². The van der Waals surface area contributed by atoms with Crippen LogP contribution < -0.4 is 5.32 Å². The molecule has 10 heteroatoms. The number of amides is 1. The number of carbonyl (C=O) groups excluding carboxylic acids is 1. The van der Waals surface area contributed by atoms with Crippen LogP contribution in [0.1, 0.15) is 42.1 Å². The third-order valence-electron chi connectivity index (χ3n) is 7.38. The highest BCUT2D eigenvalue weighted by molar-refractivity contribution is 7.89. The fourth-order valence-corrected chi connectivity index (χ4v) is 7.27. The number of aromatic nitrogens is 2. The number of carbonyl (C=O) groups is 1. The molecule has 1 aromatic carbocycles. The molecule has 5 rings (SSSR count). The molecule has 2 aliphatic rings. The minimum atomic E-state index is -3.67. The first-order chi connectivity index (χ1) is 17.4. The standard InChI is InChI=1S/C26H31N5O4S/c1-2-22(18-32)30-14-11-26(19-30)10-3-13-31(26)36(34,35)23-7-4-20(5-8-23)16-28-25(33)21-6-9-24-27-12-15-29(24)17-21/h2,4-9,12,15,17,32H,3,10-11,13-14,16,18-19H2,1H3,(H,28,33)/b22-2-. The summed E-state index contributed by atoms with van der Waals surface area (Å²) in [5.41, 5.74) is 2.50. The van der Waals surface area contributed by atoms with Crippen molar-refractivity contribution >= 4 is 21.6 Å². The van der Waals surface area contributed by atoms with Crippen LogP contribution in [0.15, 0.2) is 71.7 Å². The molecule has 1 spiro atoms. The molecule has 4 heterocycles. The zero-order valence-electron chi connectivity index (χ0n) is 20.3. The SMILES string of the molecule is C/C=C(/CO)N1CCC2(CCCN2S(=O)(=O)c2ccc(CNC(=O)c3ccc4nccn4c3)cc2)C1. The fourth-order valence-electron chi connectivity index (χ4n) is 5.42. The van der Waals surface area contributed by atoms with Gasteiger partial charge in [-0.25, -0.2) is 13.4 Å². The Morgan fingerprint density at radius 3 is 2.72 bits per heavy atom. The van der Waals surface area contributed by atoms with Crippen molar-refractivity contribution in [1.29, 1.82) is 0 Å². The summed E-state index contributed by atoms with van der Waals surface area (Å²) in [6.07, 6.45) is 9.47. The Bertz CT molecular complexity index is 1400. The van der Waals surface area contributed by atoms with Crippen molar-refractivity contribution in [2.24, 2.45) is 0 Å². The molecule has 2 aliphatic heterocycles. The molecule has 0 saturated carbocycles. The molecule has 0 aliphatic carbocycles. The van der Waals surface area contributed by atoms with Gasteiger partial charge in [0.05, 0.1) is 22.6 Å². The van der Waals surface area contributed by atoms with Crippen LogP contribution in [0.25, 0.3) is 5.65 Å². The molecule has 190 valence electrons. The normalized spacial score (nSPS) is 21.1. The van der Waals surface area contributed by atoms with Gasteiger partial charge in [-0.2, -0.15) is 4.31 Å². The second-order valence-electron chi connectivity index (χ2n) is 9.45. The van der Waals surface area contributed by atoms with Gasteiger partial charge in [0.25, 0.3) is 5.91 Å². The molecule has 9 nitrogen and oxygen atoms in total. The van der Waals surface area contributed by atoms with E-state index in [1.807, 2.05) is 13.0 Å². The third-order valence-corrected chi connectivity index (χ3v) is 9.40. The van der Waals surface area contributed by atoms with Gasteiger partial charge in [0.15, 0.2) is 0 Å². The smallest absolute Gasteiger partial charge is 0.253 e. The van der Waals surface area contributed by atoms with Crippen LogP contribution in [0.2, 0.25) is 0 Å². The maximum atomic E-state index is 13.6. The number of imidazole rings is 1. The summed E-state index contributed by atoms with van der Waals surface area (Å²) >= 11 is 0. The molecular formula is C26H31N5O4S. The van der Waals surface area contributed by atoms with E-state index in [0.29, 0.717) is 18.7 Å². The summed E-state index contributed by atoms with van der Waals surface area (Å²) in [5.74, 6) is -0.213. The number of aliphatic hydroxyl groups excluding tert-OH is 1. The number of benzene rings is 1. The van der Waals surface area contributed by atoms with E-state index in [1.54, 1.807) is 63.7 Å². The van der Waals surface area contributed by atoms with Crippen molar-refractivity contribution in [2.45, 2.75) is 43.2 Å². The molecular weight excluding hydrogens is 478 g/mol. The first-order valence-electron chi connectivity index (χ1n) is 12.2. The maximum Gasteiger partial charge on any atom is 0.253 e. The van der Waals surface area contributed by atoms with Gasteiger partial charge in [-0.05, 0) is 56.0 Å². The second-order valence-corrected chi connectivity index (χ2v) is 11.3. The van der Waals surface area contributed by atoms with Gasteiger partial charge in [0.1, 0.15) is 5.65 Å². The molecule has 2 saturated heterocycles. The van der Waals surface area contributed by atoms with Crippen molar-refractivity contribution in [3.63, 3.8) is 0 Å². The number of allylic oxidation sites excluding steroid dienone is 1. The highest BCUT2D eigenvalue weighted by Gasteiger charge is 2.51. The minimum Gasteiger partial charge on any atom is -0.390 e. The summed E-state index contributed by atoms with van der Waals surface area (Å²) in [6.45, 7) is 3.97. The zero-order valence-corrected chi connectivity index (χ0v) is 21.1. The molecule has 2 aromatic heterocycles. The van der Waals surface area contributed by atoms with Crippen LogP contribution in [0.3, 0.4) is 0 Å². The van der Waals surface area contributed by atoms with Crippen molar-refractivity contribution in [3.05, 3.63) is 77.9 Å². The van der Waals surface area contributed by atoms with Crippen LogP contribution >= 0.6 is 0 Å². The van der Waals surface area contributed by atoms with Gasteiger partial charge in [0.2, 0.25) is 10.0 Å². The van der Waals surface area contributed by atoms with Crippen molar-refractivity contribution in [3.8, 4) is 0 Å². The van der Waals surface area contributed by atoms with Crippen LogP contribution in [0, 0.1) is 0 Å². The Hall–Kier alpha value is -3.21. The molecule has 0 bridgehead atoms. The summed E-state index contributed by atoms with van der Waals surface area (Å²) in [6, 6.07) is 10.3. The molecule has 0 radical (unpaired) electrons. The number of hydrogen-bond acceptors (Lipinski definition) is 6. The molecule has 1 amide bonds. The Labute approximate surface area is 211 Å². The average molecular weight is 510 g/mol. The van der Waals surface area contributed by atoms with Gasteiger partial charge in [-0.3, -0.25) is 4.79 Å². The number of pyridine rings is 1. The molecule has 1 atom stereocenters. The van der Waals surface area contributed by atoms with Gasteiger partial charge < -0.3 is 19.7 Å². The maximum absolute atomic E-state index is 13.6. The lowest BCUT2D eigenvalue weighted by atomic mass is 9.97. The number of rotatable bonds is 7. The third kappa shape index (κ3) is 4.40. The van der Waals surface area contributed by atoms with Crippen molar-refractivity contribution < 1.29 is 18.3 Å². The monoisotopic (exact) mass is 509 g/mol. The number of hydrogen-bond donors (Lipinski definition) is 2. The number of nitrogens with zero attached hydrogens (tertiary/aromatic N) is 4. The molecule has 2 N–H and O–H groups in total. The predicted molar refractivity (Wildman–Crippen MR) is 136 cm³/mol. The Kier molecular flexibility index (Phi) is 6.59. The van der Waals surface area contributed by atoms with Crippen molar-refractivity contribution in [1.82, 2.24) is 23.9 Å². The lowest BCUT2D eigenvalue weighted by molar-refractivity contribution is 0.0950. The predicted octanol–water partition coefficient (Wildman–Crippen LogP) is 2.39. The van der Waals surface area contributed by atoms with Crippen LogP contribution in [-0.4, -0.2) is 69.8 Å². The Morgan fingerprint density at radius 2 is 1.97 bits per heavy atom. The van der Waals surface area contributed by atoms with E-state index in [2.05, 4.69) is 15.2 Å². The Morgan fingerprint density at radius 1 is 1.17 bits per heavy atom. The van der Waals surface area contributed by atoms with Gasteiger partial charge in [-0.15, -0.1) is 0 Å². The number of aliphatic hydroxyl groups is 1. The molecule has 36 heavy (non-hydrogen) atoms. The quantitative estimate of drug-likeness (QED) is 0.507. The molecule has 2 fully saturated rings. The van der Waals surface area contributed by atoms with E-state index in [0.717, 1.165) is 42.7 Å². The van der Waals surface area contributed by atoms with Crippen LogP contribution in [0.5, 0.6) is 0 Å². The number of likely N-dealkylation sites (tertiary alicyclic amines) is 1. The van der Waals surface area contributed by atoms with Crippen LogP contribution in [0.4, 0.5) is 0 Å². The van der Waals surface area contributed by atoms with Crippen LogP contribution in [-0.2, 0) is 16.6 Å². The van der Waals surface area contributed by atoms with Crippen molar-refractivity contribution in [2.75, 3.05) is 26.2 Å². The zero-order chi connectivity index (χ0) is 25.3. The summed E-state index contributed by atoms with van der Waals surface area (Å²) in [7, 11) is -3.67. The first kappa shape index (κ1) is 24.5. The summed E-state index contributed by atoms with van der Waals surface area (Å²) in [5, 5.41) is 12.5. The topological polar surface area (TPSA) is 107 Å². The number of sulfonamides is 1. The summed E-state index contributed by atoms with van der Waals surface area (Å²) in [4.78, 5) is 19.1. The summed E-state index contributed by atoms with van der Waals surface area (Å²) < 4.78 is 30.7. The Balaban J connectivity index is 1.26. The largest absolute Gasteiger partial charge is 0.390 e. The van der Waals surface area contributed by atoms with E-state index in [-0.39, 0.29) is 24.0 Å². The average Bonchev–Trinajstić information content (AvgIpc) is 3.64. The van der Waals surface area contributed by atoms with Gasteiger partial charge >= 0.3 is 0 Å². The first-order valence-corrected chi connectivity index (χ1v) is 13.6. The lowest BCUT2D eigenvalue weighted by Gasteiger charge is -2.34. The second kappa shape index (κ2) is 9.68. The van der Waals surface area contributed by atoms with E-state index >= 15 is 0 Å². The highest BCUT2D eigenvalue weighted by Crippen LogP contribution is 2.42. The van der Waals surface area contributed by atoms with Gasteiger partial charge in [0, 0.05) is 50.5 Å². The molecule has 3 aromatic rings. The number of fused-ring (bicyclic) bond motifs is 1. The minimum absolute atomic E-state index is 0.0461. The highest BCUT2D eigenvalue weighted by atomic mass is 32.2. The fraction of sp³-hybridized carbons (Fsp3) is 0.385. The lowest BCUT2D eigenvalue weighted by Crippen LogP contribution is -2.49.